The number of benzene rings is 2. The van der Waals surface area contributed by atoms with E-state index in [0.717, 1.165) is 11.1 Å². The number of rotatable bonds is 4. The maximum atomic E-state index is 13.0. The van der Waals surface area contributed by atoms with Crippen LogP contribution in [-0.2, 0) is 0 Å². The van der Waals surface area contributed by atoms with E-state index in [9.17, 15) is 9.18 Å². The molecule has 0 saturated heterocycles. The first-order chi connectivity index (χ1) is 11.6. The highest BCUT2D eigenvalue weighted by atomic mass is 35.5. The summed E-state index contributed by atoms with van der Waals surface area (Å²) in [6, 6.07) is 16.0. The predicted molar refractivity (Wildman–Crippen MR) is 91.4 cm³/mol. The van der Waals surface area contributed by atoms with Crippen molar-refractivity contribution in [2.45, 2.75) is 6.04 Å². The fourth-order valence-corrected chi connectivity index (χ4v) is 2.50. The predicted octanol–water partition coefficient (Wildman–Crippen LogP) is 4.39. The number of hydrogen-bond donors (Lipinski definition) is 1. The van der Waals surface area contributed by atoms with Gasteiger partial charge in [0.15, 0.2) is 0 Å². The zero-order chi connectivity index (χ0) is 16.9. The third kappa shape index (κ3) is 3.78. The van der Waals surface area contributed by atoms with Gasteiger partial charge < -0.3 is 5.32 Å². The molecule has 1 atom stereocenters. The van der Waals surface area contributed by atoms with E-state index in [2.05, 4.69) is 10.3 Å². The van der Waals surface area contributed by atoms with Crippen molar-refractivity contribution in [1.82, 2.24) is 10.3 Å². The van der Waals surface area contributed by atoms with E-state index in [4.69, 9.17) is 11.6 Å². The highest BCUT2D eigenvalue weighted by Gasteiger charge is 2.18. The van der Waals surface area contributed by atoms with Crippen LogP contribution < -0.4 is 5.32 Å². The van der Waals surface area contributed by atoms with Gasteiger partial charge in [-0.3, -0.25) is 9.78 Å². The molecule has 120 valence electrons. The van der Waals surface area contributed by atoms with Crippen LogP contribution >= 0.6 is 11.6 Å². The lowest BCUT2D eigenvalue weighted by Crippen LogP contribution is -2.29. The Hall–Kier alpha value is -2.72. The summed E-state index contributed by atoms with van der Waals surface area (Å²) < 4.78 is 13.0. The maximum absolute atomic E-state index is 13.0. The van der Waals surface area contributed by atoms with Gasteiger partial charge in [0.1, 0.15) is 5.82 Å². The Morgan fingerprint density at radius 3 is 2.33 bits per heavy atom. The average molecular weight is 341 g/mol. The van der Waals surface area contributed by atoms with Gasteiger partial charge in [-0.15, -0.1) is 0 Å². The van der Waals surface area contributed by atoms with E-state index in [1.165, 1.54) is 24.3 Å². The van der Waals surface area contributed by atoms with Crippen LogP contribution in [0, 0.1) is 5.82 Å². The zero-order valence-electron chi connectivity index (χ0n) is 12.6. The van der Waals surface area contributed by atoms with Crippen LogP contribution in [-0.4, -0.2) is 10.9 Å². The Balaban J connectivity index is 1.91. The summed E-state index contributed by atoms with van der Waals surface area (Å²) in [5.41, 5.74) is 2.11. The van der Waals surface area contributed by atoms with Gasteiger partial charge >= 0.3 is 0 Å². The van der Waals surface area contributed by atoms with Crippen molar-refractivity contribution < 1.29 is 9.18 Å². The molecule has 0 spiro atoms. The summed E-state index contributed by atoms with van der Waals surface area (Å²) in [7, 11) is 0. The number of hydrogen-bond acceptors (Lipinski definition) is 2. The smallest absolute Gasteiger partial charge is 0.252 e. The minimum absolute atomic E-state index is 0.293. The molecule has 2 aromatic carbocycles. The number of amides is 1. The molecule has 3 nitrogen and oxygen atoms in total. The van der Waals surface area contributed by atoms with E-state index < -0.39 is 0 Å². The quantitative estimate of drug-likeness (QED) is 0.765. The largest absolute Gasteiger partial charge is 0.341 e. The summed E-state index contributed by atoms with van der Waals surface area (Å²) in [6.07, 6.45) is 3.37. The molecule has 3 rings (SSSR count). The van der Waals surface area contributed by atoms with Gasteiger partial charge in [-0.25, -0.2) is 4.39 Å². The van der Waals surface area contributed by atoms with E-state index in [0.29, 0.717) is 10.6 Å². The van der Waals surface area contributed by atoms with Crippen molar-refractivity contribution in [1.29, 1.82) is 0 Å². The fourth-order valence-electron chi connectivity index (χ4n) is 2.38. The molecule has 0 radical (unpaired) electrons. The molecule has 0 bridgehead atoms. The third-order valence-electron chi connectivity index (χ3n) is 3.60. The molecular formula is C19H14ClFN2O. The monoisotopic (exact) mass is 340 g/mol. The van der Waals surface area contributed by atoms with Crippen molar-refractivity contribution in [3.63, 3.8) is 0 Å². The topological polar surface area (TPSA) is 42.0 Å². The second-order valence-corrected chi connectivity index (χ2v) is 5.69. The molecule has 5 heteroatoms. The van der Waals surface area contributed by atoms with Gasteiger partial charge in [-0.1, -0.05) is 29.8 Å². The van der Waals surface area contributed by atoms with Crippen LogP contribution in [0.3, 0.4) is 0 Å². The molecule has 3 aromatic rings. The third-order valence-corrected chi connectivity index (χ3v) is 3.85. The van der Waals surface area contributed by atoms with Gasteiger partial charge in [0.25, 0.3) is 5.91 Å². The van der Waals surface area contributed by atoms with E-state index in [-0.39, 0.29) is 17.8 Å². The Bertz CT molecular complexity index is 820. The molecular weight excluding hydrogens is 327 g/mol. The summed E-state index contributed by atoms with van der Waals surface area (Å²) in [4.78, 5) is 16.6. The lowest BCUT2D eigenvalue weighted by Gasteiger charge is -2.19. The van der Waals surface area contributed by atoms with Crippen molar-refractivity contribution in [3.05, 3.63) is 101 Å². The van der Waals surface area contributed by atoms with Gasteiger partial charge in [-0.05, 0) is 53.6 Å². The van der Waals surface area contributed by atoms with Crippen molar-refractivity contribution in [2.24, 2.45) is 0 Å². The molecule has 1 heterocycles. The summed E-state index contributed by atoms with van der Waals surface area (Å²) in [6.45, 7) is 0. The molecule has 0 aliphatic carbocycles. The summed E-state index contributed by atoms with van der Waals surface area (Å²) in [5, 5.41) is 3.58. The Kier molecular flexibility index (Phi) is 4.87. The molecule has 0 aliphatic rings. The normalized spacial score (nSPS) is 11.8. The van der Waals surface area contributed by atoms with Crippen LogP contribution in [0.5, 0.6) is 0 Å². The van der Waals surface area contributed by atoms with Crippen LogP contribution in [0.15, 0.2) is 73.1 Å². The first-order valence-corrected chi connectivity index (χ1v) is 7.73. The molecule has 0 fully saturated rings. The number of nitrogens with one attached hydrogen (secondary N) is 1. The van der Waals surface area contributed by atoms with Gasteiger partial charge in [0.2, 0.25) is 0 Å². The molecule has 1 N–H and O–H groups in total. The molecule has 0 saturated carbocycles. The van der Waals surface area contributed by atoms with Crippen LogP contribution in [0.2, 0.25) is 5.02 Å². The molecule has 24 heavy (non-hydrogen) atoms. The number of pyridine rings is 1. The number of carbonyl (C=O) groups is 1. The Morgan fingerprint density at radius 2 is 1.71 bits per heavy atom. The standard InChI is InChI=1S/C19H14ClFN2O/c20-16-7-3-13(4-8-16)18(15-2-1-11-22-12-15)23-19(24)14-5-9-17(21)10-6-14/h1-12,18H,(H,23,24). The van der Waals surface area contributed by atoms with Gasteiger partial charge in [0, 0.05) is 23.0 Å². The molecule has 1 unspecified atom stereocenters. The van der Waals surface area contributed by atoms with Gasteiger partial charge in [0.05, 0.1) is 6.04 Å². The number of carbonyl (C=O) groups excluding carboxylic acids is 1. The average Bonchev–Trinajstić information content (AvgIpc) is 2.62. The number of halogens is 2. The minimum Gasteiger partial charge on any atom is -0.341 e. The highest BCUT2D eigenvalue weighted by Crippen LogP contribution is 2.23. The Labute approximate surface area is 144 Å². The summed E-state index contributed by atoms with van der Waals surface area (Å²) >= 11 is 5.94. The van der Waals surface area contributed by atoms with E-state index in [1.54, 1.807) is 24.5 Å². The van der Waals surface area contributed by atoms with E-state index >= 15 is 0 Å². The molecule has 1 aromatic heterocycles. The SMILES string of the molecule is O=C(NC(c1ccc(Cl)cc1)c1cccnc1)c1ccc(F)cc1. The molecule has 1 amide bonds. The Morgan fingerprint density at radius 1 is 1.00 bits per heavy atom. The first-order valence-electron chi connectivity index (χ1n) is 7.35. The minimum atomic E-state index is -0.381. The lowest BCUT2D eigenvalue weighted by molar-refractivity contribution is 0.0943. The molecule has 0 aliphatic heterocycles. The summed E-state index contributed by atoms with van der Waals surface area (Å²) in [5.74, 6) is -0.674. The number of nitrogens with zero attached hydrogens (tertiary/aromatic N) is 1. The van der Waals surface area contributed by atoms with E-state index in [1.807, 2.05) is 24.3 Å². The fraction of sp³-hybridized carbons (Fsp3) is 0.0526. The van der Waals surface area contributed by atoms with Crippen molar-refractivity contribution in [3.8, 4) is 0 Å². The lowest BCUT2D eigenvalue weighted by atomic mass is 9.99. The second-order valence-electron chi connectivity index (χ2n) is 5.25. The van der Waals surface area contributed by atoms with Crippen LogP contribution in [0.1, 0.15) is 27.5 Å². The highest BCUT2D eigenvalue weighted by molar-refractivity contribution is 6.30. The van der Waals surface area contributed by atoms with Crippen LogP contribution in [0.25, 0.3) is 0 Å². The van der Waals surface area contributed by atoms with Crippen molar-refractivity contribution >= 4 is 17.5 Å². The second kappa shape index (κ2) is 7.23. The number of aromatic nitrogens is 1. The first kappa shape index (κ1) is 16.1. The van der Waals surface area contributed by atoms with Gasteiger partial charge in [-0.2, -0.15) is 0 Å². The zero-order valence-corrected chi connectivity index (χ0v) is 13.4. The maximum Gasteiger partial charge on any atom is 0.252 e. The van der Waals surface area contributed by atoms with Crippen LogP contribution in [0.4, 0.5) is 4.39 Å². The van der Waals surface area contributed by atoms with Crippen molar-refractivity contribution in [2.75, 3.05) is 0 Å².